The molecule has 0 bridgehead atoms. The lowest BCUT2D eigenvalue weighted by Crippen LogP contribution is -2.39. The Bertz CT molecular complexity index is 1520. The van der Waals surface area contributed by atoms with E-state index in [0.29, 0.717) is 24.3 Å². The number of ketones is 1. The van der Waals surface area contributed by atoms with Crippen LogP contribution < -0.4 is 10.6 Å². The lowest BCUT2D eigenvalue weighted by Gasteiger charge is -2.27. The Morgan fingerprint density at radius 1 is 0.738 bits per heavy atom. The summed E-state index contributed by atoms with van der Waals surface area (Å²) in [4.78, 5) is 40.5. The first-order chi connectivity index (χ1) is 20.2. The number of carbonyl (C=O) groups excluding carboxylic acids is 3. The summed E-state index contributed by atoms with van der Waals surface area (Å²) in [5.41, 5.74) is 1.83. The van der Waals surface area contributed by atoms with E-state index in [-0.39, 0.29) is 41.1 Å². The van der Waals surface area contributed by atoms with Crippen molar-refractivity contribution < 1.29 is 31.9 Å². The minimum Gasteiger partial charge on any atom is -0.349 e. The fourth-order valence-corrected chi connectivity index (χ4v) is 5.05. The molecule has 42 heavy (non-hydrogen) atoms. The van der Waals surface area contributed by atoms with Crippen molar-refractivity contribution in [2.45, 2.75) is 31.7 Å². The molecule has 0 unspecified atom stereocenters. The van der Waals surface area contributed by atoms with Gasteiger partial charge in [0.1, 0.15) is 0 Å². The summed E-state index contributed by atoms with van der Waals surface area (Å²) in [5, 5.41) is 5.71. The quantitative estimate of drug-likeness (QED) is 0.269. The van der Waals surface area contributed by atoms with Crippen LogP contribution in [0.1, 0.15) is 47.2 Å². The van der Waals surface area contributed by atoms with E-state index in [1.165, 1.54) is 24.3 Å². The van der Waals surface area contributed by atoms with Gasteiger partial charge in [0, 0.05) is 41.5 Å². The highest BCUT2D eigenvalue weighted by Gasteiger charge is 2.29. The molecule has 1 heterocycles. The number of halogens is 4. The summed E-state index contributed by atoms with van der Waals surface area (Å²) in [7, 11) is 0. The number of hydrogen-bond acceptors (Lipinski definition) is 3. The third-order valence-electron chi connectivity index (χ3n) is 7.21. The molecule has 1 aliphatic heterocycles. The molecule has 6 nitrogen and oxygen atoms in total. The van der Waals surface area contributed by atoms with E-state index < -0.39 is 41.0 Å². The minimum atomic E-state index is -1.07. The Kier molecular flexibility index (Phi) is 8.51. The number of hydrogen-bond donors (Lipinski definition) is 2. The summed E-state index contributed by atoms with van der Waals surface area (Å²) in [6, 6.07) is 12.1. The van der Waals surface area contributed by atoms with Crippen LogP contribution in [-0.4, -0.2) is 41.8 Å². The molecule has 0 atom stereocenters. The van der Waals surface area contributed by atoms with Crippen LogP contribution in [0.2, 0.25) is 0 Å². The van der Waals surface area contributed by atoms with Crippen molar-refractivity contribution in [3.05, 3.63) is 112 Å². The SMILES string of the molecule is O=C1/C(=C/c2ccc(F)c(F)c2)CC(NC(=O)c2ccc(NC(=O)N3CCCC3)cc2)C/C1=C\c1ccc(F)c(F)c1. The molecule has 216 valence electrons. The van der Waals surface area contributed by atoms with E-state index in [4.69, 9.17) is 0 Å². The Balaban J connectivity index is 1.36. The molecule has 2 N–H and O–H groups in total. The fourth-order valence-electron chi connectivity index (χ4n) is 5.05. The number of benzene rings is 3. The van der Waals surface area contributed by atoms with Gasteiger partial charge in [0.2, 0.25) is 0 Å². The van der Waals surface area contributed by atoms with Crippen LogP contribution in [-0.2, 0) is 4.79 Å². The van der Waals surface area contributed by atoms with Crippen molar-refractivity contribution in [2.75, 3.05) is 18.4 Å². The number of likely N-dealkylation sites (tertiary alicyclic amines) is 1. The molecule has 1 saturated heterocycles. The van der Waals surface area contributed by atoms with Gasteiger partial charge in [-0.25, -0.2) is 22.4 Å². The predicted molar refractivity (Wildman–Crippen MR) is 150 cm³/mol. The second-order valence-electron chi connectivity index (χ2n) is 10.3. The fraction of sp³-hybridized carbons (Fsp3) is 0.219. The number of rotatable bonds is 5. The molecule has 10 heteroatoms. The highest BCUT2D eigenvalue weighted by Crippen LogP contribution is 2.30. The zero-order valence-corrected chi connectivity index (χ0v) is 22.4. The van der Waals surface area contributed by atoms with Crippen LogP contribution in [0, 0.1) is 23.3 Å². The van der Waals surface area contributed by atoms with Crippen molar-refractivity contribution >= 4 is 35.6 Å². The van der Waals surface area contributed by atoms with Gasteiger partial charge in [-0.3, -0.25) is 9.59 Å². The lowest BCUT2D eigenvalue weighted by atomic mass is 9.83. The summed E-state index contributed by atoms with van der Waals surface area (Å²) >= 11 is 0. The van der Waals surface area contributed by atoms with Crippen molar-refractivity contribution in [3.63, 3.8) is 0 Å². The molecular formula is C32H27F4N3O3. The summed E-state index contributed by atoms with van der Waals surface area (Å²) in [6.45, 7) is 1.41. The largest absolute Gasteiger partial charge is 0.349 e. The Morgan fingerprint density at radius 3 is 1.76 bits per heavy atom. The van der Waals surface area contributed by atoms with E-state index in [1.54, 1.807) is 29.2 Å². The molecule has 3 aromatic rings. The van der Waals surface area contributed by atoms with E-state index in [0.717, 1.165) is 37.1 Å². The Hall–Kier alpha value is -4.73. The number of amides is 3. The number of Topliss-reactive ketones (excluding diaryl/α,β-unsaturated/α-hetero) is 1. The van der Waals surface area contributed by atoms with Gasteiger partial charge < -0.3 is 15.5 Å². The van der Waals surface area contributed by atoms with Gasteiger partial charge in [0.15, 0.2) is 29.1 Å². The summed E-state index contributed by atoms with van der Waals surface area (Å²) in [5.74, 6) is -5.04. The van der Waals surface area contributed by atoms with Gasteiger partial charge in [-0.2, -0.15) is 0 Å². The monoisotopic (exact) mass is 577 g/mol. The predicted octanol–water partition coefficient (Wildman–Crippen LogP) is 6.50. The lowest BCUT2D eigenvalue weighted by molar-refractivity contribution is -0.113. The second kappa shape index (κ2) is 12.4. The van der Waals surface area contributed by atoms with Crippen LogP contribution in [0.3, 0.4) is 0 Å². The zero-order valence-electron chi connectivity index (χ0n) is 22.4. The van der Waals surface area contributed by atoms with Gasteiger partial charge in [-0.1, -0.05) is 12.1 Å². The topological polar surface area (TPSA) is 78.5 Å². The zero-order chi connectivity index (χ0) is 29.8. The highest BCUT2D eigenvalue weighted by molar-refractivity contribution is 6.14. The van der Waals surface area contributed by atoms with E-state index in [2.05, 4.69) is 10.6 Å². The summed E-state index contributed by atoms with van der Waals surface area (Å²) in [6.07, 6.45) is 4.97. The first-order valence-electron chi connectivity index (χ1n) is 13.5. The molecule has 1 saturated carbocycles. The molecule has 3 amide bonds. The highest BCUT2D eigenvalue weighted by atomic mass is 19.2. The average molecular weight is 578 g/mol. The smallest absolute Gasteiger partial charge is 0.321 e. The number of nitrogens with one attached hydrogen (secondary N) is 2. The number of urea groups is 1. The summed E-state index contributed by atoms with van der Waals surface area (Å²) < 4.78 is 54.5. The van der Waals surface area contributed by atoms with Crippen LogP contribution in [0.5, 0.6) is 0 Å². The number of carbonyl (C=O) groups is 3. The van der Waals surface area contributed by atoms with Gasteiger partial charge in [-0.05, 0) is 97.5 Å². The van der Waals surface area contributed by atoms with E-state index >= 15 is 0 Å². The van der Waals surface area contributed by atoms with Crippen LogP contribution in [0.25, 0.3) is 12.2 Å². The van der Waals surface area contributed by atoms with Gasteiger partial charge in [-0.15, -0.1) is 0 Å². The van der Waals surface area contributed by atoms with Crippen LogP contribution >= 0.6 is 0 Å². The Labute approximate surface area is 239 Å². The molecule has 0 radical (unpaired) electrons. The van der Waals surface area contributed by atoms with Crippen molar-refractivity contribution in [1.82, 2.24) is 10.2 Å². The first kappa shape index (κ1) is 28.8. The standard InChI is InChI=1S/C32H27F4N3O3/c33-26-9-3-19(15-28(26)35)13-22-17-25(18-23(30(22)40)14-20-4-10-27(34)29(36)16-20)37-31(41)21-5-7-24(8-6-21)38-32(42)39-11-1-2-12-39/h3-10,13-16,25H,1-2,11-12,17-18H2,(H,37,41)(H,38,42)/b22-13+,23-14+. The molecule has 0 aromatic heterocycles. The van der Waals surface area contributed by atoms with Crippen molar-refractivity contribution in [2.24, 2.45) is 0 Å². The van der Waals surface area contributed by atoms with Gasteiger partial charge in [0.25, 0.3) is 5.91 Å². The molecule has 2 fully saturated rings. The van der Waals surface area contributed by atoms with E-state index in [9.17, 15) is 31.9 Å². The van der Waals surface area contributed by atoms with Crippen molar-refractivity contribution in [1.29, 1.82) is 0 Å². The third kappa shape index (κ3) is 6.76. The van der Waals surface area contributed by atoms with Gasteiger partial charge >= 0.3 is 6.03 Å². The van der Waals surface area contributed by atoms with Crippen LogP contribution in [0.15, 0.2) is 71.8 Å². The number of anilines is 1. The molecule has 3 aromatic carbocycles. The molecule has 5 rings (SSSR count). The van der Waals surface area contributed by atoms with Crippen LogP contribution in [0.4, 0.5) is 28.0 Å². The molecule has 2 aliphatic rings. The normalized spacial score (nSPS) is 18.9. The maximum Gasteiger partial charge on any atom is 0.321 e. The third-order valence-corrected chi connectivity index (χ3v) is 7.21. The first-order valence-corrected chi connectivity index (χ1v) is 13.5. The average Bonchev–Trinajstić information content (AvgIpc) is 3.51. The van der Waals surface area contributed by atoms with Crippen molar-refractivity contribution in [3.8, 4) is 0 Å². The second-order valence-corrected chi connectivity index (χ2v) is 10.3. The molecule has 1 aliphatic carbocycles. The molecular weight excluding hydrogens is 550 g/mol. The van der Waals surface area contributed by atoms with Gasteiger partial charge in [0.05, 0.1) is 0 Å². The Morgan fingerprint density at radius 2 is 1.26 bits per heavy atom. The molecule has 0 spiro atoms. The minimum absolute atomic E-state index is 0.0999. The number of nitrogens with zero attached hydrogens (tertiary/aromatic N) is 1. The maximum atomic E-state index is 13.8. The maximum absolute atomic E-state index is 13.8. The van der Waals surface area contributed by atoms with E-state index in [1.807, 2.05) is 0 Å².